The molecule has 0 atom stereocenters. The van der Waals surface area contributed by atoms with Gasteiger partial charge in [-0.3, -0.25) is 4.72 Å². The van der Waals surface area contributed by atoms with E-state index in [4.69, 9.17) is 0 Å². The average molecular weight is 453 g/mol. The third-order valence-corrected chi connectivity index (χ3v) is 5.47. The second-order valence-corrected chi connectivity index (χ2v) is 7.16. The van der Waals surface area contributed by atoms with Gasteiger partial charge in [0.2, 0.25) is 0 Å². The lowest BCUT2D eigenvalue weighted by atomic mass is 10.3. The smallest absolute Gasteiger partial charge is 0.259 e. The van der Waals surface area contributed by atoms with E-state index in [0.29, 0.717) is 11.5 Å². The summed E-state index contributed by atoms with van der Waals surface area (Å²) in [4.78, 5) is 4.21. The van der Waals surface area contributed by atoms with Crippen molar-refractivity contribution in [1.82, 2.24) is 15.0 Å². The summed E-state index contributed by atoms with van der Waals surface area (Å²) in [6.45, 7) is 1.76. The number of hydrogen-bond acceptors (Lipinski definition) is 5. The Bertz CT molecular complexity index is 848. The molecule has 0 radical (unpaired) electrons. The normalized spacial score (nSPS) is 17.5. The quantitative estimate of drug-likeness (QED) is 0.544. The number of nitrogens with one attached hydrogen (secondary N) is 2. The second kappa shape index (κ2) is 5.72. The van der Waals surface area contributed by atoms with E-state index in [2.05, 4.69) is 10.5 Å². The van der Waals surface area contributed by atoms with Gasteiger partial charge in [-0.25, -0.2) is 18.8 Å². The lowest BCUT2D eigenvalue weighted by Crippen LogP contribution is -2.45. The van der Waals surface area contributed by atoms with E-state index in [1.54, 1.807) is 41.8 Å². The Balaban J connectivity index is 1.95. The molecule has 1 aromatic rings. The molecule has 23 heavy (non-hydrogen) atoms. The number of fused-ring (bicyclic) bond motifs is 1. The first-order valence-electron chi connectivity index (χ1n) is 6.25. The first-order valence-corrected chi connectivity index (χ1v) is 8.77. The van der Waals surface area contributed by atoms with Crippen molar-refractivity contribution >= 4 is 44.2 Å². The van der Waals surface area contributed by atoms with E-state index in [0.717, 1.165) is 22.6 Å². The van der Waals surface area contributed by atoms with Crippen LogP contribution < -0.4 is 10.3 Å². The minimum atomic E-state index is -4.30. The van der Waals surface area contributed by atoms with Gasteiger partial charge >= 0.3 is 10.2 Å². The van der Waals surface area contributed by atoms with Crippen LogP contribution in [0.5, 0.6) is 0 Å². The van der Waals surface area contributed by atoms with Gasteiger partial charge in [-0.15, -0.1) is 5.53 Å². The molecule has 0 saturated carbocycles. The molecule has 0 aliphatic carbocycles. The molecule has 2 heterocycles. The van der Waals surface area contributed by atoms with E-state index in [1.807, 2.05) is 4.72 Å². The van der Waals surface area contributed by atoms with Crippen molar-refractivity contribution in [2.24, 2.45) is 4.99 Å². The zero-order valence-corrected chi connectivity index (χ0v) is 14.6. The molecule has 1 aromatic carbocycles. The number of anilines is 1. The van der Waals surface area contributed by atoms with Crippen LogP contribution in [0, 0.1) is 11.6 Å². The molecule has 0 saturated heterocycles. The molecule has 0 spiro atoms. The minimum absolute atomic E-state index is 0.232. The Morgan fingerprint density at radius 2 is 1.96 bits per heavy atom. The monoisotopic (exact) mass is 453 g/mol. The van der Waals surface area contributed by atoms with Crippen molar-refractivity contribution in [3.63, 3.8) is 0 Å². The van der Waals surface area contributed by atoms with Gasteiger partial charge in [-0.1, -0.05) is 6.07 Å². The van der Waals surface area contributed by atoms with Crippen LogP contribution in [0.2, 0.25) is 0 Å². The maximum Gasteiger partial charge on any atom is 0.339 e. The van der Waals surface area contributed by atoms with Crippen LogP contribution in [-0.4, -0.2) is 23.6 Å². The largest absolute Gasteiger partial charge is 0.339 e. The molecule has 0 bridgehead atoms. The van der Waals surface area contributed by atoms with Gasteiger partial charge in [-0.05, 0) is 47.7 Å². The molecule has 3 rings (SSSR count). The predicted octanol–water partition coefficient (Wildman–Crippen LogP) is 2.21. The Kier molecular flexibility index (Phi) is 4.01. The first-order chi connectivity index (χ1) is 10.8. The van der Waals surface area contributed by atoms with Crippen molar-refractivity contribution in [1.29, 1.82) is 0 Å². The lowest BCUT2D eigenvalue weighted by molar-refractivity contribution is 0.252. The standard InChI is InChI=1S/C12H10F2IN5O2S/c1-7-5-6-19-12(16-7)11(15)20(18-19)23(21,22)17-10-8(13)3-2-4-9(10)14/h2-6,17-18H,1H3. The van der Waals surface area contributed by atoms with Gasteiger partial charge in [0.05, 0.1) is 0 Å². The molecule has 0 aromatic heterocycles. The Hall–Kier alpha value is -1.73. The van der Waals surface area contributed by atoms with Gasteiger partial charge in [0.1, 0.15) is 17.3 Å². The fraction of sp³-hybridized carbons (Fsp3) is 0.0833. The van der Waals surface area contributed by atoms with Crippen LogP contribution in [0.15, 0.2) is 45.0 Å². The number of allylic oxidation sites excluding steroid dienone is 1. The summed E-state index contributed by atoms with van der Waals surface area (Å²) in [6, 6.07) is 3.06. The first kappa shape index (κ1) is 16.1. The van der Waals surface area contributed by atoms with Crippen LogP contribution >= 0.6 is 22.6 Å². The highest BCUT2D eigenvalue weighted by atomic mass is 127. The summed E-state index contributed by atoms with van der Waals surface area (Å²) < 4.78 is 55.0. The minimum Gasteiger partial charge on any atom is -0.259 e. The van der Waals surface area contributed by atoms with E-state index >= 15 is 0 Å². The van der Waals surface area contributed by atoms with Crippen molar-refractivity contribution in [3.8, 4) is 0 Å². The summed E-state index contributed by atoms with van der Waals surface area (Å²) in [5.74, 6) is -1.66. The van der Waals surface area contributed by atoms with Gasteiger partial charge < -0.3 is 0 Å². The molecule has 7 nitrogen and oxygen atoms in total. The maximum atomic E-state index is 13.6. The topological polar surface area (TPSA) is 77.0 Å². The Morgan fingerprint density at radius 1 is 1.30 bits per heavy atom. The third kappa shape index (κ3) is 2.90. The average Bonchev–Trinajstić information content (AvgIpc) is 2.81. The van der Waals surface area contributed by atoms with Gasteiger partial charge in [0.15, 0.2) is 9.52 Å². The van der Waals surface area contributed by atoms with Crippen LogP contribution in [0.4, 0.5) is 14.5 Å². The highest BCUT2D eigenvalue weighted by molar-refractivity contribution is 14.1. The highest BCUT2D eigenvalue weighted by Gasteiger charge is 2.36. The summed E-state index contributed by atoms with van der Waals surface area (Å²) in [7, 11) is -4.30. The fourth-order valence-electron chi connectivity index (χ4n) is 1.90. The highest BCUT2D eigenvalue weighted by Crippen LogP contribution is 2.31. The zero-order chi connectivity index (χ0) is 16.8. The molecule has 0 fully saturated rings. The molecule has 0 amide bonds. The van der Waals surface area contributed by atoms with Gasteiger partial charge in [-0.2, -0.15) is 12.8 Å². The number of para-hydroxylation sites is 1. The molecule has 122 valence electrons. The lowest BCUT2D eigenvalue weighted by Gasteiger charge is -2.22. The van der Waals surface area contributed by atoms with E-state index < -0.39 is 27.5 Å². The Labute approximate surface area is 144 Å². The number of hydrazine groups is 2. The third-order valence-electron chi connectivity index (χ3n) is 2.97. The Morgan fingerprint density at radius 3 is 2.61 bits per heavy atom. The van der Waals surface area contributed by atoms with Crippen LogP contribution in [-0.2, 0) is 10.2 Å². The SMILES string of the molecule is CC1=NC2=C(I)N(S(=O)(=O)Nc3c(F)cccc3F)NN2C=C1. The van der Waals surface area contributed by atoms with Crippen molar-refractivity contribution < 1.29 is 17.2 Å². The second-order valence-electron chi connectivity index (χ2n) is 4.62. The maximum absolute atomic E-state index is 13.6. The number of aliphatic imine (C=N–C) groups is 1. The molecule has 2 N–H and O–H groups in total. The van der Waals surface area contributed by atoms with E-state index in [1.165, 1.54) is 5.01 Å². The van der Waals surface area contributed by atoms with Gasteiger partial charge in [0.25, 0.3) is 0 Å². The fourth-order valence-corrected chi connectivity index (χ4v) is 4.20. The van der Waals surface area contributed by atoms with Gasteiger partial charge in [0, 0.05) is 11.9 Å². The number of nitrogens with zero attached hydrogens (tertiary/aromatic N) is 3. The molecule has 11 heteroatoms. The molecular formula is C12H10F2IN5O2S. The van der Waals surface area contributed by atoms with Crippen LogP contribution in [0.25, 0.3) is 0 Å². The summed E-state index contributed by atoms with van der Waals surface area (Å²) >= 11 is 1.78. The van der Waals surface area contributed by atoms with E-state index in [9.17, 15) is 17.2 Å². The van der Waals surface area contributed by atoms with Crippen molar-refractivity contribution in [2.75, 3.05) is 4.72 Å². The predicted molar refractivity (Wildman–Crippen MR) is 89.0 cm³/mol. The number of hydrogen-bond donors (Lipinski definition) is 2. The molecular weight excluding hydrogens is 443 g/mol. The summed E-state index contributed by atoms with van der Waals surface area (Å²) in [6.07, 6.45) is 3.27. The van der Waals surface area contributed by atoms with Crippen LogP contribution in [0.3, 0.4) is 0 Å². The molecule has 2 aliphatic rings. The molecule has 0 unspecified atom stereocenters. The number of benzene rings is 1. The zero-order valence-electron chi connectivity index (χ0n) is 11.6. The van der Waals surface area contributed by atoms with Crippen molar-refractivity contribution in [2.45, 2.75) is 6.92 Å². The summed E-state index contributed by atoms with van der Waals surface area (Å²) in [5.41, 5.74) is 2.51. The number of rotatable bonds is 3. The number of halogens is 3. The van der Waals surface area contributed by atoms with Crippen LogP contribution in [0.1, 0.15) is 6.92 Å². The molecule has 2 aliphatic heterocycles. The summed E-state index contributed by atoms with van der Waals surface area (Å²) in [5, 5.41) is 1.38. The van der Waals surface area contributed by atoms with Crippen molar-refractivity contribution in [3.05, 3.63) is 51.6 Å². The van der Waals surface area contributed by atoms with E-state index in [-0.39, 0.29) is 3.70 Å².